The van der Waals surface area contributed by atoms with Gasteiger partial charge in [-0.05, 0) is 115 Å². The summed E-state index contributed by atoms with van der Waals surface area (Å²) in [6, 6.07) is 48.5. The van der Waals surface area contributed by atoms with Crippen LogP contribution in [0.5, 0.6) is 0 Å². The molecule has 0 fully saturated rings. The standard InChI is InChI=1S/C42H24N2S4/c1-3-7-27-19-33-21-31(11-9-29(33)17-25(27)5-1)39-23-43-41(47-39)37-15-13-35(45-37)36-14-16-38(46-36)42-44-24-40(48-42)32-12-10-30-18-26-6-2-4-8-28(26)20-34(30)22-32/h1-24H. The molecule has 48 heavy (non-hydrogen) atoms. The van der Waals surface area contributed by atoms with E-state index in [2.05, 4.69) is 133 Å². The molecule has 0 spiro atoms. The molecule has 0 unspecified atom stereocenters. The van der Waals surface area contributed by atoms with Crippen molar-refractivity contribution in [1.29, 1.82) is 0 Å². The number of hydrogen-bond acceptors (Lipinski definition) is 6. The van der Waals surface area contributed by atoms with Crippen molar-refractivity contribution < 1.29 is 0 Å². The van der Waals surface area contributed by atoms with Crippen LogP contribution >= 0.6 is 45.3 Å². The Morgan fingerprint density at radius 1 is 0.292 bits per heavy atom. The lowest BCUT2D eigenvalue weighted by Gasteiger charge is -2.04. The summed E-state index contributed by atoms with van der Waals surface area (Å²) >= 11 is 7.13. The molecule has 0 radical (unpaired) electrons. The first kappa shape index (κ1) is 28.1. The SMILES string of the molecule is c1ccc2cc3cc(-c4cnc(-c5ccc(-c6ccc(-c7ncc(-c8ccc9cc%10ccccc%10cc9c8)s7)s6)s5)s4)ccc3cc2c1. The first-order valence-electron chi connectivity index (χ1n) is 15.7. The molecule has 10 rings (SSSR count). The van der Waals surface area contributed by atoms with Gasteiger partial charge in [-0.2, -0.15) is 0 Å². The molecule has 0 atom stereocenters. The predicted octanol–water partition coefficient (Wildman–Crippen LogP) is 13.7. The van der Waals surface area contributed by atoms with Crippen LogP contribution < -0.4 is 0 Å². The number of hydrogen-bond donors (Lipinski definition) is 0. The van der Waals surface area contributed by atoms with Gasteiger partial charge in [0.1, 0.15) is 10.0 Å². The number of thiazole rings is 2. The molecule has 4 heterocycles. The fourth-order valence-electron chi connectivity index (χ4n) is 6.40. The fourth-order valence-corrected chi connectivity index (χ4v) is 10.5. The third-order valence-corrected chi connectivity index (χ3v) is 13.7. The van der Waals surface area contributed by atoms with Gasteiger partial charge >= 0.3 is 0 Å². The van der Waals surface area contributed by atoms with Gasteiger partial charge in [0.25, 0.3) is 0 Å². The molecule has 226 valence electrons. The zero-order chi connectivity index (χ0) is 31.6. The van der Waals surface area contributed by atoms with E-state index in [1.165, 1.54) is 83.5 Å². The van der Waals surface area contributed by atoms with Crippen molar-refractivity contribution in [3.63, 3.8) is 0 Å². The highest BCUT2D eigenvalue weighted by molar-refractivity contribution is 7.29. The van der Waals surface area contributed by atoms with Crippen molar-refractivity contribution in [3.8, 4) is 50.4 Å². The highest BCUT2D eigenvalue weighted by atomic mass is 32.1. The summed E-state index contributed by atoms with van der Waals surface area (Å²) in [5.41, 5.74) is 2.42. The first-order chi connectivity index (χ1) is 23.7. The summed E-state index contributed by atoms with van der Waals surface area (Å²) in [4.78, 5) is 17.0. The van der Waals surface area contributed by atoms with Gasteiger partial charge in [-0.1, -0.05) is 72.8 Å². The summed E-state index contributed by atoms with van der Waals surface area (Å²) in [6.07, 6.45) is 4.03. The topological polar surface area (TPSA) is 25.8 Å². The summed E-state index contributed by atoms with van der Waals surface area (Å²) in [5, 5.41) is 12.2. The van der Waals surface area contributed by atoms with Gasteiger partial charge in [0, 0.05) is 22.1 Å². The van der Waals surface area contributed by atoms with Gasteiger partial charge in [0.05, 0.1) is 19.5 Å². The smallest absolute Gasteiger partial charge is 0.133 e. The fraction of sp³-hybridized carbons (Fsp3) is 0. The third kappa shape index (κ3) is 4.97. The van der Waals surface area contributed by atoms with Gasteiger partial charge in [-0.15, -0.1) is 45.3 Å². The Bertz CT molecular complexity index is 2620. The summed E-state index contributed by atoms with van der Waals surface area (Å²) < 4.78 is 0. The summed E-state index contributed by atoms with van der Waals surface area (Å²) in [7, 11) is 0. The Labute approximate surface area is 292 Å². The van der Waals surface area contributed by atoms with E-state index in [0.717, 1.165) is 10.0 Å². The van der Waals surface area contributed by atoms with Crippen LogP contribution in [0.2, 0.25) is 0 Å². The van der Waals surface area contributed by atoms with E-state index in [0.29, 0.717) is 0 Å². The quantitative estimate of drug-likeness (QED) is 0.169. The summed E-state index contributed by atoms with van der Waals surface area (Å²) in [5.74, 6) is 0. The van der Waals surface area contributed by atoms with E-state index in [1.54, 1.807) is 45.3 Å². The maximum atomic E-state index is 4.84. The monoisotopic (exact) mass is 684 g/mol. The molecule has 0 aliphatic heterocycles. The second kappa shape index (κ2) is 11.3. The molecule has 0 aliphatic rings. The second-order valence-corrected chi connectivity index (χ2v) is 16.1. The maximum Gasteiger partial charge on any atom is 0.133 e. The molecule has 10 aromatic rings. The van der Waals surface area contributed by atoms with Crippen molar-refractivity contribution >= 4 is 88.4 Å². The number of aromatic nitrogens is 2. The minimum atomic E-state index is 1.06. The molecule has 0 bridgehead atoms. The van der Waals surface area contributed by atoms with Gasteiger partial charge in [0.2, 0.25) is 0 Å². The van der Waals surface area contributed by atoms with Crippen LogP contribution in [0.15, 0.2) is 146 Å². The Kier molecular flexibility index (Phi) is 6.62. The Morgan fingerprint density at radius 2 is 0.667 bits per heavy atom. The molecular weight excluding hydrogens is 661 g/mol. The second-order valence-electron chi connectivity index (χ2n) is 11.9. The normalized spacial score (nSPS) is 11.8. The van der Waals surface area contributed by atoms with Crippen LogP contribution in [0, 0.1) is 0 Å². The van der Waals surface area contributed by atoms with Gasteiger partial charge in [0.15, 0.2) is 0 Å². The van der Waals surface area contributed by atoms with Crippen LogP contribution in [-0.2, 0) is 0 Å². The molecule has 4 aromatic heterocycles. The minimum Gasteiger partial charge on any atom is -0.243 e. The molecule has 0 N–H and O–H groups in total. The lowest BCUT2D eigenvalue weighted by molar-refractivity contribution is 1.43. The number of benzene rings is 6. The van der Waals surface area contributed by atoms with E-state index in [4.69, 9.17) is 9.97 Å². The Balaban J connectivity index is 0.895. The van der Waals surface area contributed by atoms with E-state index in [-0.39, 0.29) is 0 Å². The van der Waals surface area contributed by atoms with Gasteiger partial charge in [-0.25, -0.2) is 9.97 Å². The van der Waals surface area contributed by atoms with Crippen molar-refractivity contribution in [3.05, 3.63) is 146 Å². The zero-order valence-corrected chi connectivity index (χ0v) is 28.6. The predicted molar refractivity (Wildman–Crippen MR) is 211 cm³/mol. The highest BCUT2D eigenvalue weighted by Gasteiger charge is 2.15. The van der Waals surface area contributed by atoms with Gasteiger partial charge in [-0.3, -0.25) is 0 Å². The number of thiophene rings is 2. The average Bonchev–Trinajstić information content (AvgIpc) is 3.96. The van der Waals surface area contributed by atoms with Crippen LogP contribution in [0.1, 0.15) is 0 Å². The van der Waals surface area contributed by atoms with Crippen molar-refractivity contribution in [2.24, 2.45) is 0 Å². The largest absolute Gasteiger partial charge is 0.243 e. The Morgan fingerprint density at radius 3 is 1.10 bits per heavy atom. The number of nitrogens with zero attached hydrogens (tertiary/aromatic N) is 2. The molecule has 0 saturated carbocycles. The number of rotatable bonds is 5. The molecule has 6 aromatic carbocycles. The minimum absolute atomic E-state index is 1.06. The van der Waals surface area contributed by atoms with E-state index in [9.17, 15) is 0 Å². The zero-order valence-electron chi connectivity index (χ0n) is 25.4. The summed E-state index contributed by atoms with van der Waals surface area (Å²) in [6.45, 7) is 0. The van der Waals surface area contributed by atoms with Crippen LogP contribution in [-0.4, -0.2) is 9.97 Å². The molecule has 0 amide bonds. The lowest BCUT2D eigenvalue weighted by atomic mass is 10.0. The lowest BCUT2D eigenvalue weighted by Crippen LogP contribution is -1.78. The Hall–Kier alpha value is -4.98. The highest BCUT2D eigenvalue weighted by Crippen LogP contribution is 2.44. The van der Waals surface area contributed by atoms with Crippen LogP contribution in [0.4, 0.5) is 0 Å². The van der Waals surface area contributed by atoms with Crippen LogP contribution in [0.25, 0.3) is 93.5 Å². The number of fused-ring (bicyclic) bond motifs is 4. The van der Waals surface area contributed by atoms with Crippen molar-refractivity contribution in [2.75, 3.05) is 0 Å². The van der Waals surface area contributed by atoms with Gasteiger partial charge < -0.3 is 0 Å². The molecular formula is C42H24N2S4. The maximum absolute atomic E-state index is 4.84. The average molecular weight is 685 g/mol. The van der Waals surface area contributed by atoms with E-state index >= 15 is 0 Å². The third-order valence-electron chi connectivity index (χ3n) is 8.87. The van der Waals surface area contributed by atoms with E-state index in [1.807, 2.05) is 12.4 Å². The molecule has 6 heteroatoms. The van der Waals surface area contributed by atoms with Crippen molar-refractivity contribution in [2.45, 2.75) is 0 Å². The van der Waals surface area contributed by atoms with E-state index < -0.39 is 0 Å². The van der Waals surface area contributed by atoms with Crippen molar-refractivity contribution in [1.82, 2.24) is 9.97 Å². The molecule has 2 nitrogen and oxygen atoms in total. The van der Waals surface area contributed by atoms with Crippen LogP contribution in [0.3, 0.4) is 0 Å². The molecule has 0 aliphatic carbocycles. The molecule has 0 saturated heterocycles. The first-order valence-corrected chi connectivity index (χ1v) is 19.0.